The number of aromatic nitrogens is 1. The summed E-state index contributed by atoms with van der Waals surface area (Å²) in [6.07, 6.45) is 0.354. The third-order valence-corrected chi connectivity index (χ3v) is 6.60. The van der Waals surface area contributed by atoms with Crippen molar-refractivity contribution in [3.63, 3.8) is 0 Å². The Morgan fingerprint density at radius 3 is 2.45 bits per heavy atom. The fourth-order valence-corrected chi connectivity index (χ4v) is 4.91. The van der Waals surface area contributed by atoms with Gasteiger partial charge in [-0.25, -0.2) is 4.98 Å². The van der Waals surface area contributed by atoms with Gasteiger partial charge in [-0.2, -0.15) is 0 Å². The number of rotatable bonds is 9. The molecule has 3 rings (SSSR count). The molecule has 0 aliphatic heterocycles. The third kappa shape index (κ3) is 6.84. The fraction of sp³-hybridized carbons (Fsp3) is 0.391. The number of para-hydroxylation sites is 1. The predicted octanol–water partition coefficient (Wildman–Crippen LogP) is 5.36. The van der Waals surface area contributed by atoms with E-state index in [9.17, 15) is 4.79 Å². The van der Waals surface area contributed by atoms with Gasteiger partial charge in [0.1, 0.15) is 11.3 Å². The molecule has 0 aliphatic carbocycles. The molecule has 0 saturated heterocycles. The molecule has 0 fully saturated rings. The molecular formula is C23H30ClN3O2S2. The summed E-state index contributed by atoms with van der Waals surface area (Å²) in [5.41, 5.74) is 1.82. The summed E-state index contributed by atoms with van der Waals surface area (Å²) in [7, 11) is 5.66. The predicted molar refractivity (Wildman–Crippen MR) is 135 cm³/mol. The molecular weight excluding hydrogens is 450 g/mol. The summed E-state index contributed by atoms with van der Waals surface area (Å²) >= 11 is 3.35. The Hall–Kier alpha value is -1.80. The number of fused-ring (bicyclic) bond motifs is 1. The van der Waals surface area contributed by atoms with Crippen molar-refractivity contribution in [1.82, 2.24) is 9.88 Å². The van der Waals surface area contributed by atoms with Crippen LogP contribution in [0.15, 0.2) is 47.4 Å². The first-order valence-corrected chi connectivity index (χ1v) is 11.7. The Kier molecular flexibility index (Phi) is 9.62. The van der Waals surface area contributed by atoms with Gasteiger partial charge in [-0.05, 0) is 43.9 Å². The molecule has 0 bridgehead atoms. The maximum absolute atomic E-state index is 13.3. The highest BCUT2D eigenvalue weighted by atomic mass is 35.5. The molecule has 0 atom stereocenters. The molecule has 0 saturated carbocycles. The van der Waals surface area contributed by atoms with E-state index in [0.717, 1.165) is 28.1 Å². The number of amides is 1. The summed E-state index contributed by atoms with van der Waals surface area (Å²) in [5.74, 6) is 0.785. The second-order valence-electron chi connectivity index (χ2n) is 7.64. The van der Waals surface area contributed by atoms with Crippen molar-refractivity contribution in [2.24, 2.45) is 0 Å². The van der Waals surface area contributed by atoms with Crippen LogP contribution in [0.5, 0.6) is 5.75 Å². The molecule has 0 radical (unpaired) electrons. The van der Waals surface area contributed by atoms with Gasteiger partial charge in [0, 0.05) is 23.2 Å². The lowest BCUT2D eigenvalue weighted by Crippen LogP contribution is -2.37. The van der Waals surface area contributed by atoms with Crippen LogP contribution in [-0.2, 0) is 11.2 Å². The zero-order chi connectivity index (χ0) is 21.7. The molecule has 31 heavy (non-hydrogen) atoms. The van der Waals surface area contributed by atoms with E-state index in [0.29, 0.717) is 23.3 Å². The van der Waals surface area contributed by atoms with E-state index in [1.54, 1.807) is 12.0 Å². The highest BCUT2D eigenvalue weighted by molar-refractivity contribution is 7.99. The van der Waals surface area contributed by atoms with Crippen LogP contribution in [-0.4, -0.2) is 55.3 Å². The number of benzene rings is 2. The molecule has 3 aromatic rings. The summed E-state index contributed by atoms with van der Waals surface area (Å²) in [5, 5.41) is 1.25. The fourth-order valence-electron chi connectivity index (χ4n) is 3.05. The Morgan fingerprint density at radius 1 is 1.13 bits per heavy atom. The molecule has 1 amide bonds. The first-order chi connectivity index (χ1) is 14.4. The van der Waals surface area contributed by atoms with Gasteiger partial charge in [-0.1, -0.05) is 43.4 Å². The largest absolute Gasteiger partial charge is 0.494 e. The van der Waals surface area contributed by atoms with Crippen LogP contribution >= 0.6 is 35.5 Å². The lowest BCUT2D eigenvalue weighted by molar-refractivity contribution is -0.118. The van der Waals surface area contributed by atoms with E-state index in [1.807, 2.05) is 56.2 Å². The van der Waals surface area contributed by atoms with E-state index < -0.39 is 0 Å². The van der Waals surface area contributed by atoms with E-state index in [2.05, 4.69) is 30.9 Å². The zero-order valence-electron chi connectivity index (χ0n) is 18.6. The van der Waals surface area contributed by atoms with Crippen LogP contribution in [0.3, 0.4) is 0 Å². The number of thiazole rings is 1. The third-order valence-electron chi connectivity index (χ3n) is 4.54. The average Bonchev–Trinajstić information content (AvgIpc) is 3.12. The maximum atomic E-state index is 13.3. The summed E-state index contributed by atoms with van der Waals surface area (Å²) in [6.45, 7) is 5.72. The van der Waals surface area contributed by atoms with Gasteiger partial charge in [-0.15, -0.1) is 24.2 Å². The number of methoxy groups -OCH3 is 1. The minimum atomic E-state index is 0. The van der Waals surface area contributed by atoms with Crippen LogP contribution in [0, 0.1) is 0 Å². The van der Waals surface area contributed by atoms with Crippen molar-refractivity contribution in [2.75, 3.05) is 39.2 Å². The topological polar surface area (TPSA) is 45.7 Å². The molecule has 0 aliphatic rings. The molecule has 0 unspecified atom stereocenters. The van der Waals surface area contributed by atoms with Gasteiger partial charge < -0.3 is 9.64 Å². The number of halogens is 1. The minimum Gasteiger partial charge on any atom is -0.494 e. The lowest BCUT2D eigenvalue weighted by atomic mass is 10.1. The number of hydrogen-bond donors (Lipinski definition) is 0. The normalized spacial score (nSPS) is 11.1. The molecule has 8 heteroatoms. The highest BCUT2D eigenvalue weighted by Crippen LogP contribution is 2.34. The van der Waals surface area contributed by atoms with Gasteiger partial charge in [0.15, 0.2) is 5.13 Å². The number of carbonyl (C=O) groups is 1. The molecule has 168 valence electrons. The van der Waals surface area contributed by atoms with Crippen LogP contribution in [0.4, 0.5) is 5.13 Å². The Labute approximate surface area is 199 Å². The van der Waals surface area contributed by atoms with Crippen LogP contribution in [0.2, 0.25) is 0 Å². The first-order valence-electron chi connectivity index (χ1n) is 10.0. The SMILES string of the molecule is COc1cccc2sc(N(CCN(C)C)C(=O)Cc3ccc(SC(C)C)cc3)nc12.Cl. The van der Waals surface area contributed by atoms with Crippen molar-refractivity contribution in [2.45, 2.75) is 30.4 Å². The van der Waals surface area contributed by atoms with Crippen molar-refractivity contribution in [3.05, 3.63) is 48.0 Å². The average molecular weight is 480 g/mol. The van der Waals surface area contributed by atoms with E-state index in [-0.39, 0.29) is 18.3 Å². The minimum absolute atomic E-state index is 0. The number of anilines is 1. The monoisotopic (exact) mass is 479 g/mol. The molecule has 2 aromatic carbocycles. The molecule has 0 N–H and O–H groups in total. The van der Waals surface area contributed by atoms with Crippen LogP contribution < -0.4 is 9.64 Å². The van der Waals surface area contributed by atoms with Gasteiger partial charge in [-0.3, -0.25) is 9.69 Å². The van der Waals surface area contributed by atoms with Gasteiger partial charge >= 0.3 is 0 Å². The second-order valence-corrected chi connectivity index (χ2v) is 10.3. The first kappa shape index (κ1) is 25.5. The standard InChI is InChI=1S/C23H29N3O2S2.ClH/c1-16(2)29-18-11-9-17(10-12-18)15-21(27)26(14-13-25(3)4)23-24-22-19(28-5)7-6-8-20(22)30-23;/h6-12,16H,13-15H2,1-5H3;1H. The van der Waals surface area contributed by atoms with E-state index in [4.69, 9.17) is 9.72 Å². The summed E-state index contributed by atoms with van der Waals surface area (Å²) in [6, 6.07) is 14.2. The van der Waals surface area contributed by atoms with Gasteiger partial charge in [0.05, 0.1) is 18.2 Å². The quantitative estimate of drug-likeness (QED) is 0.386. The van der Waals surface area contributed by atoms with Crippen LogP contribution in [0.1, 0.15) is 19.4 Å². The molecule has 5 nitrogen and oxygen atoms in total. The number of hydrogen-bond acceptors (Lipinski definition) is 6. The van der Waals surface area contributed by atoms with Gasteiger partial charge in [0.2, 0.25) is 5.91 Å². The summed E-state index contributed by atoms with van der Waals surface area (Å²) < 4.78 is 6.46. The van der Waals surface area contributed by atoms with Crippen molar-refractivity contribution < 1.29 is 9.53 Å². The highest BCUT2D eigenvalue weighted by Gasteiger charge is 2.21. The van der Waals surface area contributed by atoms with Crippen LogP contribution in [0.25, 0.3) is 10.2 Å². The number of ether oxygens (including phenoxy) is 1. The zero-order valence-corrected chi connectivity index (χ0v) is 21.1. The number of nitrogens with zero attached hydrogens (tertiary/aromatic N) is 3. The molecule has 1 heterocycles. The Bertz CT molecular complexity index is 990. The van der Waals surface area contributed by atoms with Crippen molar-refractivity contribution in [3.8, 4) is 5.75 Å². The Morgan fingerprint density at radius 2 is 1.84 bits per heavy atom. The maximum Gasteiger partial charge on any atom is 0.233 e. The van der Waals surface area contributed by atoms with Gasteiger partial charge in [0.25, 0.3) is 0 Å². The van der Waals surface area contributed by atoms with Crippen molar-refractivity contribution in [1.29, 1.82) is 0 Å². The van der Waals surface area contributed by atoms with Crippen molar-refractivity contribution >= 4 is 56.8 Å². The number of likely N-dealkylation sites (N-methyl/N-ethyl adjacent to an activating group) is 1. The summed E-state index contributed by atoms with van der Waals surface area (Å²) in [4.78, 5) is 23.1. The van der Waals surface area contributed by atoms with E-state index in [1.165, 1.54) is 16.2 Å². The van der Waals surface area contributed by atoms with E-state index >= 15 is 0 Å². The molecule has 1 aromatic heterocycles. The molecule has 0 spiro atoms. The second kappa shape index (κ2) is 11.7. The number of thioether (sulfide) groups is 1. The number of carbonyl (C=O) groups excluding carboxylic acids is 1. The smallest absolute Gasteiger partial charge is 0.233 e. The Balaban J connectivity index is 0.00000341. The lowest BCUT2D eigenvalue weighted by Gasteiger charge is -2.22.